The number of halogens is 1. The van der Waals surface area contributed by atoms with Crippen LogP contribution in [0.2, 0.25) is 5.02 Å². The zero-order valence-electron chi connectivity index (χ0n) is 11.7. The van der Waals surface area contributed by atoms with Crippen LogP contribution in [0.25, 0.3) is 0 Å². The Hall–Kier alpha value is -1.94. The number of benzene rings is 1. The van der Waals surface area contributed by atoms with E-state index < -0.39 is 0 Å². The molecule has 1 N–H and O–H groups in total. The van der Waals surface area contributed by atoms with Gasteiger partial charge in [0.05, 0.1) is 12.1 Å². The van der Waals surface area contributed by atoms with Crippen molar-refractivity contribution in [2.24, 2.45) is 0 Å². The van der Waals surface area contributed by atoms with Gasteiger partial charge in [0.1, 0.15) is 12.3 Å². The van der Waals surface area contributed by atoms with Gasteiger partial charge in [0.2, 0.25) is 5.91 Å². The van der Waals surface area contributed by atoms with E-state index in [0.717, 1.165) is 11.4 Å². The van der Waals surface area contributed by atoms with Gasteiger partial charge in [0.15, 0.2) is 0 Å². The van der Waals surface area contributed by atoms with Gasteiger partial charge >= 0.3 is 0 Å². The molecule has 0 saturated carbocycles. The molecule has 0 fully saturated rings. The third kappa shape index (κ3) is 3.14. The van der Waals surface area contributed by atoms with Crippen molar-refractivity contribution in [1.82, 2.24) is 4.57 Å². The van der Waals surface area contributed by atoms with E-state index >= 15 is 0 Å². The molecule has 1 amide bonds. The van der Waals surface area contributed by atoms with Gasteiger partial charge in [0.25, 0.3) is 0 Å². The van der Waals surface area contributed by atoms with E-state index in [4.69, 9.17) is 16.3 Å². The van der Waals surface area contributed by atoms with Crippen molar-refractivity contribution in [2.45, 2.75) is 20.4 Å². The van der Waals surface area contributed by atoms with E-state index in [1.54, 1.807) is 25.3 Å². The summed E-state index contributed by atoms with van der Waals surface area (Å²) in [6.07, 6.45) is 0. The summed E-state index contributed by atoms with van der Waals surface area (Å²) in [6.45, 7) is 4.24. The normalized spacial score (nSPS) is 10.4. The van der Waals surface area contributed by atoms with Gasteiger partial charge < -0.3 is 14.6 Å². The standard InChI is InChI=1S/C15H17ClN2O2/c1-10-4-5-11(2)18(10)9-15(19)17-12-6-7-14(20-3)13(16)8-12/h4-8H,9H2,1-3H3,(H,17,19). The molecule has 0 spiro atoms. The second kappa shape index (κ2) is 6.01. The molecular weight excluding hydrogens is 276 g/mol. The highest BCUT2D eigenvalue weighted by atomic mass is 35.5. The summed E-state index contributed by atoms with van der Waals surface area (Å²) in [5, 5.41) is 3.30. The van der Waals surface area contributed by atoms with Crippen molar-refractivity contribution < 1.29 is 9.53 Å². The van der Waals surface area contributed by atoms with E-state index in [1.165, 1.54) is 0 Å². The van der Waals surface area contributed by atoms with Gasteiger partial charge in [-0.15, -0.1) is 0 Å². The smallest absolute Gasteiger partial charge is 0.244 e. The molecule has 1 aromatic carbocycles. The first-order valence-electron chi connectivity index (χ1n) is 6.27. The minimum absolute atomic E-state index is 0.0892. The Morgan fingerprint density at radius 1 is 1.25 bits per heavy atom. The number of amides is 1. The Bertz CT molecular complexity index is 615. The average Bonchev–Trinajstić information content (AvgIpc) is 2.71. The molecule has 2 aromatic rings. The Morgan fingerprint density at radius 3 is 2.45 bits per heavy atom. The second-order valence-electron chi connectivity index (χ2n) is 4.60. The zero-order chi connectivity index (χ0) is 14.7. The summed E-state index contributed by atoms with van der Waals surface area (Å²) in [5.41, 5.74) is 2.78. The van der Waals surface area contributed by atoms with Crippen LogP contribution in [0.5, 0.6) is 5.75 Å². The molecule has 1 heterocycles. The van der Waals surface area contributed by atoms with Crippen molar-refractivity contribution in [1.29, 1.82) is 0 Å². The molecule has 0 saturated heterocycles. The number of methoxy groups -OCH3 is 1. The summed E-state index contributed by atoms with van der Waals surface area (Å²) in [7, 11) is 1.55. The number of aryl methyl sites for hydroxylation is 2. The van der Waals surface area contributed by atoms with Crippen LogP contribution in [-0.4, -0.2) is 17.6 Å². The van der Waals surface area contributed by atoms with Crippen LogP contribution in [0.15, 0.2) is 30.3 Å². The first kappa shape index (κ1) is 14.5. The van der Waals surface area contributed by atoms with Crippen LogP contribution in [0.3, 0.4) is 0 Å². The lowest BCUT2D eigenvalue weighted by Gasteiger charge is -2.11. The molecule has 4 nitrogen and oxygen atoms in total. The monoisotopic (exact) mass is 292 g/mol. The van der Waals surface area contributed by atoms with Crippen molar-refractivity contribution in [2.75, 3.05) is 12.4 Å². The Morgan fingerprint density at radius 2 is 1.90 bits per heavy atom. The number of carbonyl (C=O) groups is 1. The third-order valence-electron chi connectivity index (χ3n) is 3.15. The number of ether oxygens (including phenoxy) is 1. The minimum atomic E-state index is -0.0892. The number of nitrogens with one attached hydrogen (secondary N) is 1. The molecule has 20 heavy (non-hydrogen) atoms. The van der Waals surface area contributed by atoms with Gasteiger partial charge in [-0.05, 0) is 44.2 Å². The lowest BCUT2D eigenvalue weighted by molar-refractivity contribution is -0.116. The quantitative estimate of drug-likeness (QED) is 0.938. The fourth-order valence-electron chi connectivity index (χ4n) is 2.04. The van der Waals surface area contributed by atoms with Crippen LogP contribution < -0.4 is 10.1 Å². The molecule has 0 atom stereocenters. The Labute approximate surface area is 123 Å². The van der Waals surface area contributed by atoms with Crippen LogP contribution in [0.4, 0.5) is 5.69 Å². The van der Waals surface area contributed by atoms with Gasteiger partial charge in [0, 0.05) is 17.1 Å². The number of carbonyl (C=O) groups excluding carboxylic acids is 1. The molecule has 2 rings (SSSR count). The van der Waals surface area contributed by atoms with E-state index in [-0.39, 0.29) is 12.5 Å². The minimum Gasteiger partial charge on any atom is -0.495 e. The highest BCUT2D eigenvalue weighted by molar-refractivity contribution is 6.32. The largest absolute Gasteiger partial charge is 0.495 e. The maximum Gasteiger partial charge on any atom is 0.244 e. The second-order valence-corrected chi connectivity index (χ2v) is 5.01. The van der Waals surface area contributed by atoms with Gasteiger partial charge in [-0.1, -0.05) is 11.6 Å². The van der Waals surface area contributed by atoms with Crippen molar-refractivity contribution in [3.8, 4) is 5.75 Å². The molecule has 0 radical (unpaired) electrons. The number of rotatable bonds is 4. The maximum absolute atomic E-state index is 12.0. The number of hydrogen-bond donors (Lipinski definition) is 1. The topological polar surface area (TPSA) is 43.3 Å². The summed E-state index contributed by atoms with van der Waals surface area (Å²) >= 11 is 6.02. The lowest BCUT2D eigenvalue weighted by atomic mass is 10.3. The summed E-state index contributed by atoms with van der Waals surface area (Å²) in [5.74, 6) is 0.496. The van der Waals surface area contributed by atoms with Crippen molar-refractivity contribution in [3.63, 3.8) is 0 Å². The first-order chi connectivity index (χ1) is 9.51. The van der Waals surface area contributed by atoms with E-state index in [2.05, 4.69) is 5.32 Å². The predicted octanol–water partition coefficient (Wildman–Crippen LogP) is 3.41. The Balaban J connectivity index is 2.07. The van der Waals surface area contributed by atoms with E-state index in [9.17, 15) is 4.79 Å². The van der Waals surface area contributed by atoms with E-state index in [1.807, 2.05) is 30.5 Å². The number of nitrogens with zero attached hydrogens (tertiary/aromatic N) is 1. The van der Waals surface area contributed by atoms with Gasteiger partial charge in [-0.3, -0.25) is 4.79 Å². The number of hydrogen-bond acceptors (Lipinski definition) is 2. The highest BCUT2D eigenvalue weighted by Crippen LogP contribution is 2.27. The summed E-state index contributed by atoms with van der Waals surface area (Å²) in [6, 6.07) is 9.15. The van der Waals surface area contributed by atoms with Crippen molar-refractivity contribution in [3.05, 3.63) is 46.7 Å². The van der Waals surface area contributed by atoms with Crippen molar-refractivity contribution >= 4 is 23.2 Å². The highest BCUT2D eigenvalue weighted by Gasteiger charge is 2.09. The molecule has 1 aromatic heterocycles. The fraction of sp³-hybridized carbons (Fsp3) is 0.267. The lowest BCUT2D eigenvalue weighted by Crippen LogP contribution is -2.20. The SMILES string of the molecule is COc1ccc(NC(=O)Cn2c(C)ccc2C)cc1Cl. The number of aromatic nitrogens is 1. The van der Waals surface area contributed by atoms with Crippen LogP contribution in [0, 0.1) is 13.8 Å². The molecule has 0 aliphatic rings. The Kier molecular flexibility index (Phi) is 4.35. The van der Waals surface area contributed by atoms with Gasteiger partial charge in [-0.25, -0.2) is 0 Å². The molecule has 0 bridgehead atoms. The van der Waals surface area contributed by atoms with Crippen LogP contribution in [0.1, 0.15) is 11.4 Å². The molecule has 106 valence electrons. The van der Waals surface area contributed by atoms with Gasteiger partial charge in [-0.2, -0.15) is 0 Å². The first-order valence-corrected chi connectivity index (χ1v) is 6.65. The van der Waals surface area contributed by atoms with Crippen LogP contribution in [-0.2, 0) is 11.3 Å². The van der Waals surface area contributed by atoms with Crippen LogP contribution >= 0.6 is 11.6 Å². The molecule has 0 unspecified atom stereocenters. The molecule has 5 heteroatoms. The predicted molar refractivity (Wildman–Crippen MR) is 80.5 cm³/mol. The third-order valence-corrected chi connectivity index (χ3v) is 3.45. The molecule has 0 aliphatic heterocycles. The maximum atomic E-state index is 12.0. The summed E-state index contributed by atoms with van der Waals surface area (Å²) < 4.78 is 7.03. The molecule has 0 aliphatic carbocycles. The fourth-order valence-corrected chi connectivity index (χ4v) is 2.29. The summed E-state index contributed by atoms with van der Waals surface area (Å²) in [4.78, 5) is 12.0. The van der Waals surface area contributed by atoms with E-state index in [0.29, 0.717) is 16.5 Å². The average molecular weight is 293 g/mol. The molecular formula is C15H17ClN2O2. The zero-order valence-corrected chi connectivity index (χ0v) is 12.5. The number of anilines is 1.